The lowest BCUT2D eigenvalue weighted by molar-refractivity contribution is 0.414. The molecule has 0 radical (unpaired) electrons. The van der Waals surface area contributed by atoms with Gasteiger partial charge >= 0.3 is 0 Å². The summed E-state index contributed by atoms with van der Waals surface area (Å²) in [6.07, 6.45) is 1.01. The van der Waals surface area contributed by atoms with Crippen LogP contribution in [0.4, 0.5) is 0 Å². The number of methoxy groups -OCH3 is 1. The fourth-order valence-corrected chi connectivity index (χ4v) is 2.51. The van der Waals surface area contributed by atoms with E-state index in [1.807, 2.05) is 25.1 Å². The monoisotopic (exact) mass is 245 g/mol. The maximum Gasteiger partial charge on any atom is 0.137 e. The van der Waals surface area contributed by atoms with Crippen LogP contribution in [0, 0.1) is 0 Å². The molecule has 1 aromatic carbocycles. The number of hydrogen-bond acceptors (Lipinski definition) is 3. The van der Waals surface area contributed by atoms with Crippen molar-refractivity contribution < 1.29 is 4.74 Å². The topological polar surface area (TPSA) is 35.2 Å². The second kappa shape index (κ2) is 6.26. The quantitative estimate of drug-likeness (QED) is 0.810. The molecule has 0 aliphatic carbocycles. The van der Waals surface area contributed by atoms with Gasteiger partial charge in [0.05, 0.1) is 12.1 Å². The fourth-order valence-electron chi connectivity index (χ4n) is 1.10. The Morgan fingerprint density at radius 3 is 2.80 bits per heavy atom. The fraction of sp³-hybridized carbons (Fsp3) is 0.455. The van der Waals surface area contributed by atoms with E-state index in [1.54, 1.807) is 18.9 Å². The highest BCUT2D eigenvalue weighted by Gasteiger charge is 2.02. The van der Waals surface area contributed by atoms with Crippen LogP contribution in [0.3, 0.4) is 0 Å². The summed E-state index contributed by atoms with van der Waals surface area (Å²) in [5, 5.41) is 0.656. The minimum atomic E-state index is 0.256. The Morgan fingerprint density at radius 1 is 1.53 bits per heavy atom. The van der Waals surface area contributed by atoms with Crippen molar-refractivity contribution in [1.82, 2.24) is 0 Å². The molecule has 2 N–H and O–H groups in total. The summed E-state index contributed by atoms with van der Waals surface area (Å²) in [6, 6.07) is 6.07. The maximum absolute atomic E-state index is 6.01. The van der Waals surface area contributed by atoms with Crippen LogP contribution in [0.5, 0.6) is 5.75 Å². The molecule has 1 rings (SSSR count). The molecule has 84 valence electrons. The number of nitrogens with two attached hydrogens (primary N) is 1. The first kappa shape index (κ1) is 12.7. The molecule has 4 heteroatoms. The van der Waals surface area contributed by atoms with Crippen molar-refractivity contribution in [2.45, 2.75) is 24.3 Å². The molecule has 1 unspecified atom stereocenters. The Kier molecular flexibility index (Phi) is 5.29. The Labute approximate surface area is 100 Å². The van der Waals surface area contributed by atoms with Gasteiger partial charge in [-0.25, -0.2) is 0 Å². The third-order valence-corrected chi connectivity index (χ3v) is 3.29. The molecule has 0 aliphatic rings. The van der Waals surface area contributed by atoms with Crippen LogP contribution >= 0.6 is 23.4 Å². The molecule has 0 fully saturated rings. The lowest BCUT2D eigenvalue weighted by Gasteiger charge is -2.07. The molecule has 1 atom stereocenters. The van der Waals surface area contributed by atoms with E-state index in [-0.39, 0.29) is 6.04 Å². The molecule has 1 aromatic rings. The third-order valence-electron chi connectivity index (χ3n) is 1.97. The number of hydrogen-bond donors (Lipinski definition) is 1. The summed E-state index contributed by atoms with van der Waals surface area (Å²) < 4.78 is 5.08. The standard InChI is InChI=1S/C11H16ClNOS/c1-8(13)5-6-15-9-3-4-11(14-2)10(12)7-9/h3-4,7-8H,5-6,13H2,1-2H3. The summed E-state index contributed by atoms with van der Waals surface area (Å²) in [4.78, 5) is 1.15. The molecule has 15 heavy (non-hydrogen) atoms. The zero-order valence-electron chi connectivity index (χ0n) is 9.00. The molecule has 0 heterocycles. The van der Waals surface area contributed by atoms with Gasteiger partial charge in [-0.1, -0.05) is 11.6 Å². The van der Waals surface area contributed by atoms with Crippen LogP contribution < -0.4 is 10.5 Å². The van der Waals surface area contributed by atoms with Crippen LogP contribution in [0.15, 0.2) is 23.1 Å². The van der Waals surface area contributed by atoms with E-state index in [0.717, 1.165) is 17.1 Å². The molecule has 0 saturated heterocycles. The third kappa shape index (κ3) is 4.33. The van der Waals surface area contributed by atoms with E-state index in [9.17, 15) is 0 Å². The van der Waals surface area contributed by atoms with Gasteiger partial charge in [0.1, 0.15) is 5.75 Å². The molecule has 0 spiro atoms. The predicted octanol–water partition coefficient (Wildman–Crippen LogP) is 3.18. The average molecular weight is 246 g/mol. The smallest absolute Gasteiger partial charge is 0.137 e. The van der Waals surface area contributed by atoms with Crippen LogP contribution in [-0.4, -0.2) is 18.9 Å². The molecular weight excluding hydrogens is 230 g/mol. The molecule has 0 aromatic heterocycles. The first-order valence-electron chi connectivity index (χ1n) is 4.85. The van der Waals surface area contributed by atoms with E-state index in [0.29, 0.717) is 10.8 Å². The van der Waals surface area contributed by atoms with Crippen molar-refractivity contribution in [1.29, 1.82) is 0 Å². The minimum absolute atomic E-state index is 0.256. The minimum Gasteiger partial charge on any atom is -0.495 e. The van der Waals surface area contributed by atoms with Crippen molar-refractivity contribution in [2.75, 3.05) is 12.9 Å². The van der Waals surface area contributed by atoms with E-state index < -0.39 is 0 Å². The second-order valence-electron chi connectivity index (χ2n) is 3.41. The molecule has 2 nitrogen and oxygen atoms in total. The largest absolute Gasteiger partial charge is 0.495 e. The van der Waals surface area contributed by atoms with Gasteiger partial charge in [0, 0.05) is 10.9 Å². The van der Waals surface area contributed by atoms with E-state index >= 15 is 0 Å². The average Bonchev–Trinajstić information content (AvgIpc) is 2.17. The van der Waals surface area contributed by atoms with Crippen LogP contribution in [0.1, 0.15) is 13.3 Å². The van der Waals surface area contributed by atoms with Gasteiger partial charge in [-0.15, -0.1) is 11.8 Å². The van der Waals surface area contributed by atoms with Gasteiger partial charge in [0.25, 0.3) is 0 Å². The summed E-state index contributed by atoms with van der Waals surface area (Å²) in [5.41, 5.74) is 5.67. The summed E-state index contributed by atoms with van der Waals surface area (Å²) in [5.74, 6) is 1.73. The number of ether oxygens (including phenoxy) is 1. The first-order valence-corrected chi connectivity index (χ1v) is 6.21. The van der Waals surface area contributed by atoms with Gasteiger partial charge in [-0.05, 0) is 37.3 Å². The molecular formula is C11H16ClNOS. The van der Waals surface area contributed by atoms with Crippen molar-refractivity contribution in [3.63, 3.8) is 0 Å². The Morgan fingerprint density at radius 2 is 2.27 bits per heavy atom. The Balaban J connectivity index is 2.52. The number of thioether (sulfide) groups is 1. The second-order valence-corrected chi connectivity index (χ2v) is 4.99. The van der Waals surface area contributed by atoms with Gasteiger partial charge in [-0.3, -0.25) is 0 Å². The summed E-state index contributed by atoms with van der Waals surface area (Å²) in [7, 11) is 1.62. The maximum atomic E-state index is 6.01. The molecule has 0 aliphatic heterocycles. The number of benzene rings is 1. The van der Waals surface area contributed by atoms with Crippen LogP contribution in [0.25, 0.3) is 0 Å². The summed E-state index contributed by atoms with van der Waals surface area (Å²) in [6.45, 7) is 2.02. The zero-order valence-corrected chi connectivity index (χ0v) is 10.6. The van der Waals surface area contributed by atoms with Gasteiger partial charge in [0.15, 0.2) is 0 Å². The van der Waals surface area contributed by atoms with Gasteiger partial charge < -0.3 is 10.5 Å². The normalized spacial score (nSPS) is 12.5. The SMILES string of the molecule is COc1ccc(SCCC(C)N)cc1Cl. The van der Waals surface area contributed by atoms with Crippen molar-refractivity contribution in [3.05, 3.63) is 23.2 Å². The highest BCUT2D eigenvalue weighted by atomic mass is 35.5. The van der Waals surface area contributed by atoms with E-state index in [4.69, 9.17) is 22.1 Å². The van der Waals surface area contributed by atoms with Crippen molar-refractivity contribution >= 4 is 23.4 Å². The molecule has 0 amide bonds. The summed E-state index contributed by atoms with van der Waals surface area (Å²) >= 11 is 7.77. The van der Waals surface area contributed by atoms with E-state index in [1.165, 1.54) is 0 Å². The van der Waals surface area contributed by atoms with Crippen molar-refractivity contribution in [2.24, 2.45) is 5.73 Å². The molecule has 0 saturated carbocycles. The van der Waals surface area contributed by atoms with Crippen LogP contribution in [0.2, 0.25) is 5.02 Å². The van der Waals surface area contributed by atoms with Gasteiger partial charge in [-0.2, -0.15) is 0 Å². The van der Waals surface area contributed by atoms with E-state index in [2.05, 4.69) is 0 Å². The highest BCUT2D eigenvalue weighted by molar-refractivity contribution is 7.99. The van der Waals surface area contributed by atoms with Gasteiger partial charge in [0.2, 0.25) is 0 Å². The lowest BCUT2D eigenvalue weighted by atomic mass is 10.3. The van der Waals surface area contributed by atoms with Crippen molar-refractivity contribution in [3.8, 4) is 5.75 Å². The zero-order chi connectivity index (χ0) is 11.3. The highest BCUT2D eigenvalue weighted by Crippen LogP contribution is 2.29. The molecule has 0 bridgehead atoms. The Hall–Kier alpha value is -0.380. The first-order chi connectivity index (χ1) is 7.13. The number of rotatable bonds is 5. The number of halogens is 1. The predicted molar refractivity (Wildman–Crippen MR) is 67.0 cm³/mol. The lowest BCUT2D eigenvalue weighted by Crippen LogP contribution is -2.15. The Bertz CT molecular complexity index is 317. The van der Waals surface area contributed by atoms with Crippen LogP contribution in [-0.2, 0) is 0 Å².